The van der Waals surface area contributed by atoms with Gasteiger partial charge in [-0.05, 0) is 74.3 Å². The lowest BCUT2D eigenvalue weighted by molar-refractivity contribution is 0.159. The van der Waals surface area contributed by atoms with Crippen molar-refractivity contribution in [3.05, 3.63) is 59.4 Å². The van der Waals surface area contributed by atoms with Crippen LogP contribution in [-0.2, 0) is 12.0 Å². The van der Waals surface area contributed by atoms with Gasteiger partial charge in [0.15, 0.2) is 0 Å². The number of nitrogens with zero attached hydrogens (tertiary/aromatic N) is 2. The van der Waals surface area contributed by atoms with Gasteiger partial charge in [-0.2, -0.15) is 0 Å². The minimum absolute atomic E-state index is 0.0375. The quantitative estimate of drug-likeness (QED) is 0.851. The Labute approximate surface area is 171 Å². The summed E-state index contributed by atoms with van der Waals surface area (Å²) >= 11 is 0. The smallest absolute Gasteiger partial charge is 0.321 e. The summed E-state index contributed by atoms with van der Waals surface area (Å²) in [4.78, 5) is 17.0. The number of methoxy groups -OCH3 is 1. The molecule has 2 amide bonds. The van der Waals surface area contributed by atoms with Gasteiger partial charge < -0.3 is 10.1 Å². The minimum atomic E-state index is -0.201. The molecule has 0 aromatic heterocycles. The second-order valence-electron chi connectivity index (χ2n) is 7.99. The van der Waals surface area contributed by atoms with E-state index < -0.39 is 0 Å². The zero-order chi connectivity index (χ0) is 20.4. The molecule has 5 nitrogen and oxygen atoms in total. The first-order chi connectivity index (χ1) is 14.0. The van der Waals surface area contributed by atoms with E-state index >= 15 is 0 Å². The van der Waals surface area contributed by atoms with Crippen molar-refractivity contribution in [2.45, 2.75) is 31.7 Å². The predicted molar refractivity (Wildman–Crippen MR) is 112 cm³/mol. The van der Waals surface area contributed by atoms with Crippen LogP contribution in [0.4, 0.5) is 14.9 Å². The first-order valence-corrected chi connectivity index (χ1v) is 10.3. The molecule has 0 aliphatic carbocycles. The summed E-state index contributed by atoms with van der Waals surface area (Å²) in [6.07, 6.45) is 1.95. The Kier molecular flexibility index (Phi) is 5.46. The number of piperidine rings is 1. The normalized spacial score (nSPS) is 18.0. The van der Waals surface area contributed by atoms with Crippen LogP contribution in [0.1, 0.15) is 30.9 Å². The molecule has 2 aromatic carbocycles. The molecule has 0 bridgehead atoms. The third-order valence-corrected chi connectivity index (χ3v) is 6.23. The monoisotopic (exact) mass is 397 g/mol. The van der Waals surface area contributed by atoms with E-state index in [1.165, 1.54) is 17.7 Å². The van der Waals surface area contributed by atoms with Gasteiger partial charge in [-0.25, -0.2) is 9.18 Å². The van der Waals surface area contributed by atoms with E-state index in [1.807, 2.05) is 36.1 Å². The van der Waals surface area contributed by atoms with E-state index in [2.05, 4.69) is 16.3 Å². The lowest BCUT2D eigenvalue weighted by Gasteiger charge is -2.40. The summed E-state index contributed by atoms with van der Waals surface area (Å²) in [5.74, 6) is 0.628. The number of halogens is 1. The molecule has 1 saturated heterocycles. The van der Waals surface area contributed by atoms with Gasteiger partial charge in [0.05, 0.1) is 7.11 Å². The summed E-state index contributed by atoms with van der Waals surface area (Å²) in [7, 11) is 1.68. The fourth-order valence-corrected chi connectivity index (χ4v) is 4.62. The van der Waals surface area contributed by atoms with E-state index in [0.717, 1.165) is 49.5 Å². The third-order valence-electron chi connectivity index (χ3n) is 6.23. The molecule has 2 heterocycles. The maximum atomic E-state index is 13.2. The highest BCUT2D eigenvalue weighted by Crippen LogP contribution is 2.48. The Bertz CT molecular complexity index is 876. The molecule has 1 N–H and O–H groups in total. The third kappa shape index (κ3) is 3.81. The summed E-state index contributed by atoms with van der Waals surface area (Å²) < 4.78 is 18.6. The lowest BCUT2D eigenvalue weighted by Crippen LogP contribution is -2.47. The number of urea groups is 1. The number of carbonyl (C=O) groups is 1. The fourth-order valence-electron chi connectivity index (χ4n) is 4.62. The molecule has 1 fully saturated rings. The number of benzene rings is 2. The average Bonchev–Trinajstić information content (AvgIpc) is 3.05. The maximum absolute atomic E-state index is 13.2. The van der Waals surface area contributed by atoms with Crippen LogP contribution >= 0.6 is 0 Å². The van der Waals surface area contributed by atoms with Gasteiger partial charge in [-0.15, -0.1) is 0 Å². The molecule has 0 unspecified atom stereocenters. The number of anilines is 1. The van der Waals surface area contributed by atoms with Crippen LogP contribution in [0.2, 0.25) is 0 Å². The number of amides is 2. The second-order valence-corrected chi connectivity index (χ2v) is 7.99. The summed E-state index contributed by atoms with van der Waals surface area (Å²) in [5.41, 5.74) is 3.28. The van der Waals surface area contributed by atoms with Gasteiger partial charge in [-0.1, -0.05) is 12.1 Å². The summed E-state index contributed by atoms with van der Waals surface area (Å²) in [5, 5.41) is 2.94. The van der Waals surface area contributed by atoms with Crippen molar-refractivity contribution in [3.63, 3.8) is 0 Å². The van der Waals surface area contributed by atoms with E-state index in [4.69, 9.17) is 4.74 Å². The van der Waals surface area contributed by atoms with Crippen molar-refractivity contribution in [1.29, 1.82) is 0 Å². The van der Waals surface area contributed by atoms with Crippen molar-refractivity contribution in [2.24, 2.45) is 0 Å². The molecule has 4 rings (SSSR count). The molecule has 154 valence electrons. The molecule has 0 saturated carbocycles. The van der Waals surface area contributed by atoms with Crippen LogP contribution < -0.4 is 15.0 Å². The summed E-state index contributed by atoms with van der Waals surface area (Å²) in [6.45, 7) is 5.95. The Morgan fingerprint density at radius 3 is 2.55 bits per heavy atom. The Morgan fingerprint density at radius 2 is 1.90 bits per heavy atom. The minimum Gasteiger partial charge on any atom is -0.497 e. The standard InChI is InChI=1S/C23H28FN3O2/c1-3-25-22(28)27-16-23(20-14-19(29-2)8-9-21(20)27)10-12-26(13-11-23)15-17-4-6-18(24)7-5-17/h4-9,14H,3,10-13,15-16H2,1-2H3,(H,25,28). The molecule has 2 aliphatic heterocycles. The SMILES string of the molecule is CCNC(=O)N1CC2(CCN(Cc3ccc(F)cc3)CC2)c2cc(OC)ccc21. The molecule has 29 heavy (non-hydrogen) atoms. The van der Waals surface area contributed by atoms with Crippen LogP contribution in [0.5, 0.6) is 5.75 Å². The van der Waals surface area contributed by atoms with Gasteiger partial charge in [0.25, 0.3) is 0 Å². The maximum Gasteiger partial charge on any atom is 0.321 e. The zero-order valence-electron chi connectivity index (χ0n) is 17.1. The molecular formula is C23H28FN3O2. The predicted octanol–water partition coefficient (Wildman–Crippen LogP) is 3.92. The Hall–Kier alpha value is -2.60. The first-order valence-electron chi connectivity index (χ1n) is 10.3. The number of nitrogens with one attached hydrogen (secondary N) is 1. The van der Waals surface area contributed by atoms with E-state index in [1.54, 1.807) is 7.11 Å². The molecular weight excluding hydrogens is 369 g/mol. The average molecular weight is 397 g/mol. The number of ether oxygens (including phenoxy) is 1. The number of hydrogen-bond donors (Lipinski definition) is 1. The molecule has 2 aromatic rings. The topological polar surface area (TPSA) is 44.8 Å². The highest BCUT2D eigenvalue weighted by molar-refractivity contribution is 5.95. The van der Waals surface area contributed by atoms with Crippen LogP contribution in [0.3, 0.4) is 0 Å². The molecule has 6 heteroatoms. The number of likely N-dealkylation sites (tertiary alicyclic amines) is 1. The van der Waals surface area contributed by atoms with Crippen molar-refractivity contribution in [2.75, 3.05) is 38.2 Å². The van der Waals surface area contributed by atoms with E-state index in [-0.39, 0.29) is 17.3 Å². The van der Waals surface area contributed by atoms with E-state index in [9.17, 15) is 9.18 Å². The molecule has 0 radical (unpaired) electrons. The second kappa shape index (κ2) is 8.03. The van der Waals surface area contributed by atoms with Crippen LogP contribution in [0.25, 0.3) is 0 Å². The van der Waals surface area contributed by atoms with Gasteiger partial charge in [0.2, 0.25) is 0 Å². The van der Waals surface area contributed by atoms with E-state index in [0.29, 0.717) is 13.1 Å². The van der Waals surface area contributed by atoms with Gasteiger partial charge >= 0.3 is 6.03 Å². The van der Waals surface area contributed by atoms with Gasteiger partial charge in [0, 0.05) is 30.7 Å². The highest BCUT2D eigenvalue weighted by Gasteiger charge is 2.46. The van der Waals surface area contributed by atoms with Crippen LogP contribution in [0, 0.1) is 5.82 Å². The van der Waals surface area contributed by atoms with Gasteiger partial charge in [-0.3, -0.25) is 9.80 Å². The molecule has 2 aliphatic rings. The molecule has 1 spiro atoms. The van der Waals surface area contributed by atoms with Crippen molar-refractivity contribution in [3.8, 4) is 5.75 Å². The number of fused-ring (bicyclic) bond motifs is 2. The Balaban J connectivity index is 1.53. The zero-order valence-corrected chi connectivity index (χ0v) is 17.1. The first kappa shape index (κ1) is 19.7. The largest absolute Gasteiger partial charge is 0.497 e. The molecule has 0 atom stereocenters. The number of rotatable bonds is 4. The highest BCUT2D eigenvalue weighted by atomic mass is 19.1. The summed E-state index contributed by atoms with van der Waals surface area (Å²) in [6, 6.07) is 12.7. The van der Waals surface area contributed by atoms with Crippen molar-refractivity contribution < 1.29 is 13.9 Å². The van der Waals surface area contributed by atoms with Crippen molar-refractivity contribution >= 4 is 11.7 Å². The number of carbonyl (C=O) groups excluding carboxylic acids is 1. The fraction of sp³-hybridized carbons (Fsp3) is 0.435. The van der Waals surface area contributed by atoms with Crippen LogP contribution in [-0.4, -0.2) is 44.2 Å². The number of hydrogen-bond acceptors (Lipinski definition) is 3. The lowest BCUT2D eigenvalue weighted by atomic mass is 9.74. The van der Waals surface area contributed by atoms with Crippen LogP contribution in [0.15, 0.2) is 42.5 Å². The Morgan fingerprint density at radius 1 is 1.17 bits per heavy atom. The van der Waals surface area contributed by atoms with Gasteiger partial charge in [0.1, 0.15) is 11.6 Å². The van der Waals surface area contributed by atoms with Crippen molar-refractivity contribution in [1.82, 2.24) is 10.2 Å².